The van der Waals surface area contributed by atoms with Crippen molar-refractivity contribution in [3.05, 3.63) is 18.2 Å². The van der Waals surface area contributed by atoms with E-state index in [9.17, 15) is 0 Å². The summed E-state index contributed by atoms with van der Waals surface area (Å²) in [5.74, 6) is 0.974. The maximum Gasteiger partial charge on any atom is 0.0948 e. The van der Waals surface area contributed by atoms with E-state index in [4.69, 9.17) is 5.73 Å². The van der Waals surface area contributed by atoms with Gasteiger partial charge in [0.1, 0.15) is 0 Å². The van der Waals surface area contributed by atoms with Gasteiger partial charge in [-0.2, -0.15) is 0 Å². The average molecular weight is 222 g/mol. The largest absolute Gasteiger partial charge is 0.333 e. The van der Waals surface area contributed by atoms with Crippen molar-refractivity contribution in [2.45, 2.75) is 38.8 Å². The lowest BCUT2D eigenvalue weighted by atomic mass is 10.2. The Morgan fingerprint density at radius 2 is 2.44 bits per heavy atom. The van der Waals surface area contributed by atoms with Crippen molar-refractivity contribution in [2.24, 2.45) is 11.7 Å². The van der Waals surface area contributed by atoms with Crippen LogP contribution in [0.15, 0.2) is 12.5 Å². The van der Waals surface area contributed by atoms with Crippen molar-refractivity contribution >= 4 is 0 Å². The fourth-order valence-electron chi connectivity index (χ4n) is 2.06. The first-order valence-corrected chi connectivity index (χ1v) is 6.28. The lowest BCUT2D eigenvalue weighted by Crippen LogP contribution is -2.30. The molecule has 0 amide bonds. The van der Waals surface area contributed by atoms with Crippen molar-refractivity contribution in [2.75, 3.05) is 13.1 Å². The number of rotatable bonds is 7. The summed E-state index contributed by atoms with van der Waals surface area (Å²) in [6.45, 7) is 4.79. The van der Waals surface area contributed by atoms with Crippen LogP contribution in [0.25, 0.3) is 0 Å². The van der Waals surface area contributed by atoms with Crippen LogP contribution in [0.2, 0.25) is 0 Å². The Bertz CT molecular complexity index is 317. The smallest absolute Gasteiger partial charge is 0.0948 e. The highest BCUT2D eigenvalue weighted by Crippen LogP contribution is 2.31. The molecule has 1 fully saturated rings. The minimum Gasteiger partial charge on any atom is -0.333 e. The molecular formula is C12H22N4. The number of aryl methyl sites for hydroxylation is 1. The van der Waals surface area contributed by atoms with E-state index in [2.05, 4.69) is 21.8 Å². The molecule has 1 aliphatic rings. The number of imidazole rings is 1. The van der Waals surface area contributed by atoms with Gasteiger partial charge in [0.05, 0.1) is 18.1 Å². The lowest BCUT2D eigenvalue weighted by Gasteiger charge is -2.18. The Balaban J connectivity index is 1.87. The van der Waals surface area contributed by atoms with E-state index < -0.39 is 0 Å². The Morgan fingerprint density at radius 3 is 3.06 bits per heavy atom. The second kappa shape index (κ2) is 5.46. The molecule has 0 bridgehead atoms. The zero-order chi connectivity index (χ0) is 11.4. The molecule has 0 spiro atoms. The van der Waals surface area contributed by atoms with Gasteiger partial charge in [0, 0.05) is 19.3 Å². The lowest BCUT2D eigenvalue weighted by molar-refractivity contribution is 0.488. The van der Waals surface area contributed by atoms with Gasteiger partial charge in [0.15, 0.2) is 0 Å². The van der Waals surface area contributed by atoms with Crippen molar-refractivity contribution in [1.82, 2.24) is 14.9 Å². The summed E-state index contributed by atoms with van der Waals surface area (Å²) in [6.07, 6.45) is 7.92. The molecule has 1 saturated carbocycles. The first-order valence-electron chi connectivity index (χ1n) is 6.28. The number of hydrogen-bond donors (Lipinski definition) is 2. The van der Waals surface area contributed by atoms with E-state index in [0.717, 1.165) is 19.0 Å². The quantitative estimate of drug-likeness (QED) is 0.731. The summed E-state index contributed by atoms with van der Waals surface area (Å²) < 4.78 is 2.15. The highest BCUT2D eigenvalue weighted by molar-refractivity contribution is 5.06. The molecule has 0 radical (unpaired) electrons. The molecule has 1 aromatic heterocycles. The van der Waals surface area contributed by atoms with Gasteiger partial charge < -0.3 is 15.6 Å². The summed E-state index contributed by atoms with van der Waals surface area (Å²) in [7, 11) is 0. The number of hydrogen-bond acceptors (Lipinski definition) is 3. The summed E-state index contributed by atoms with van der Waals surface area (Å²) in [5.41, 5.74) is 7.03. The van der Waals surface area contributed by atoms with Crippen LogP contribution >= 0.6 is 0 Å². The Labute approximate surface area is 97.2 Å². The molecule has 1 aromatic rings. The first kappa shape index (κ1) is 11.6. The van der Waals surface area contributed by atoms with Gasteiger partial charge in [-0.3, -0.25) is 0 Å². The molecule has 0 saturated heterocycles. The predicted octanol–water partition coefficient (Wildman–Crippen LogP) is 1.29. The monoisotopic (exact) mass is 222 g/mol. The molecular weight excluding hydrogens is 200 g/mol. The standard InChI is InChI=1S/C12H22N4/c1-2-16-9-14-8-12(16)11(7-13)15-6-5-10-3-4-10/h8-11,15H,2-7,13H2,1H3. The molecule has 4 heteroatoms. The third-order valence-corrected chi connectivity index (χ3v) is 3.32. The molecule has 4 nitrogen and oxygen atoms in total. The molecule has 0 aliphatic heterocycles. The SMILES string of the molecule is CCn1cncc1C(CN)NCCC1CC1. The molecule has 16 heavy (non-hydrogen) atoms. The molecule has 1 unspecified atom stereocenters. The predicted molar refractivity (Wildman–Crippen MR) is 65.0 cm³/mol. The Hall–Kier alpha value is -0.870. The van der Waals surface area contributed by atoms with Crippen molar-refractivity contribution in [3.8, 4) is 0 Å². The van der Waals surface area contributed by atoms with Crippen LogP contribution in [0, 0.1) is 5.92 Å². The number of nitrogens with one attached hydrogen (secondary N) is 1. The topological polar surface area (TPSA) is 55.9 Å². The Kier molecular flexibility index (Phi) is 3.96. The third kappa shape index (κ3) is 2.83. The molecule has 1 atom stereocenters. The third-order valence-electron chi connectivity index (χ3n) is 3.32. The van der Waals surface area contributed by atoms with Crippen LogP contribution in [0.3, 0.4) is 0 Å². The van der Waals surface area contributed by atoms with Crippen molar-refractivity contribution in [1.29, 1.82) is 0 Å². The van der Waals surface area contributed by atoms with Gasteiger partial charge >= 0.3 is 0 Å². The van der Waals surface area contributed by atoms with Gasteiger partial charge in [-0.1, -0.05) is 12.8 Å². The van der Waals surface area contributed by atoms with Crippen LogP contribution < -0.4 is 11.1 Å². The van der Waals surface area contributed by atoms with Gasteiger partial charge in [0.25, 0.3) is 0 Å². The zero-order valence-electron chi connectivity index (χ0n) is 10.0. The van der Waals surface area contributed by atoms with Gasteiger partial charge in [0.2, 0.25) is 0 Å². The number of aromatic nitrogens is 2. The molecule has 1 heterocycles. The fourth-order valence-corrected chi connectivity index (χ4v) is 2.06. The van der Waals surface area contributed by atoms with E-state index in [1.165, 1.54) is 25.0 Å². The van der Waals surface area contributed by atoms with Crippen LogP contribution in [-0.2, 0) is 6.54 Å². The average Bonchev–Trinajstić information content (AvgIpc) is 3.01. The fraction of sp³-hybridized carbons (Fsp3) is 0.750. The normalized spacial score (nSPS) is 17.6. The van der Waals surface area contributed by atoms with E-state index in [-0.39, 0.29) is 6.04 Å². The molecule has 2 rings (SSSR count). The highest BCUT2D eigenvalue weighted by Gasteiger charge is 2.21. The van der Waals surface area contributed by atoms with Crippen LogP contribution in [-0.4, -0.2) is 22.6 Å². The van der Waals surface area contributed by atoms with Gasteiger partial charge in [-0.05, 0) is 25.8 Å². The van der Waals surface area contributed by atoms with Gasteiger partial charge in [-0.25, -0.2) is 4.98 Å². The second-order valence-electron chi connectivity index (χ2n) is 4.58. The molecule has 90 valence electrons. The van der Waals surface area contributed by atoms with E-state index in [1.54, 1.807) is 0 Å². The minimum absolute atomic E-state index is 0.251. The van der Waals surface area contributed by atoms with E-state index >= 15 is 0 Å². The molecule has 3 N–H and O–H groups in total. The summed E-state index contributed by atoms with van der Waals surface area (Å²) in [4.78, 5) is 4.18. The number of nitrogens with two attached hydrogens (primary N) is 1. The highest BCUT2D eigenvalue weighted by atomic mass is 15.1. The zero-order valence-corrected chi connectivity index (χ0v) is 10.0. The van der Waals surface area contributed by atoms with Crippen LogP contribution in [0.1, 0.15) is 37.9 Å². The first-order chi connectivity index (χ1) is 7.85. The minimum atomic E-state index is 0.251. The van der Waals surface area contributed by atoms with Gasteiger partial charge in [-0.15, -0.1) is 0 Å². The maximum absolute atomic E-state index is 5.82. The van der Waals surface area contributed by atoms with E-state index in [1.807, 2.05) is 12.5 Å². The van der Waals surface area contributed by atoms with Crippen molar-refractivity contribution < 1.29 is 0 Å². The number of nitrogens with zero attached hydrogens (tertiary/aromatic N) is 2. The molecule has 0 aromatic carbocycles. The summed E-state index contributed by atoms with van der Waals surface area (Å²) in [5, 5.41) is 3.53. The molecule has 1 aliphatic carbocycles. The Morgan fingerprint density at radius 1 is 1.62 bits per heavy atom. The summed E-state index contributed by atoms with van der Waals surface area (Å²) in [6, 6.07) is 0.251. The van der Waals surface area contributed by atoms with Crippen LogP contribution in [0.5, 0.6) is 0 Å². The van der Waals surface area contributed by atoms with Crippen molar-refractivity contribution in [3.63, 3.8) is 0 Å². The van der Waals surface area contributed by atoms with E-state index in [0.29, 0.717) is 6.54 Å². The summed E-state index contributed by atoms with van der Waals surface area (Å²) >= 11 is 0. The maximum atomic E-state index is 5.82. The van der Waals surface area contributed by atoms with Crippen LogP contribution in [0.4, 0.5) is 0 Å². The second-order valence-corrected chi connectivity index (χ2v) is 4.58.